The van der Waals surface area contributed by atoms with Gasteiger partial charge in [-0.05, 0) is 31.4 Å². The molecule has 0 saturated heterocycles. The Morgan fingerprint density at radius 2 is 1.61 bits per heavy atom. The number of rotatable bonds is 8. The average Bonchev–Trinajstić information content (AvgIpc) is 2.64. The summed E-state index contributed by atoms with van der Waals surface area (Å²) in [5, 5.41) is 9.77. The zero-order valence-corrected chi connectivity index (χ0v) is 16.6. The van der Waals surface area contributed by atoms with Crippen LogP contribution in [0.4, 0.5) is 15.3 Å². The van der Waals surface area contributed by atoms with Gasteiger partial charge >= 0.3 is 18.0 Å². The van der Waals surface area contributed by atoms with Crippen molar-refractivity contribution in [2.75, 3.05) is 11.9 Å². The topological polar surface area (TPSA) is 126 Å². The first-order valence-corrected chi connectivity index (χ1v) is 9.12. The number of urea groups is 2. The lowest BCUT2D eigenvalue weighted by Crippen LogP contribution is -2.48. The van der Waals surface area contributed by atoms with E-state index in [0.29, 0.717) is 12.1 Å². The van der Waals surface area contributed by atoms with Crippen LogP contribution in [0.3, 0.4) is 0 Å². The summed E-state index contributed by atoms with van der Waals surface area (Å²) in [6, 6.07) is 6.48. The van der Waals surface area contributed by atoms with E-state index in [9.17, 15) is 19.2 Å². The molecular weight excluding hydrogens is 364 g/mol. The summed E-state index contributed by atoms with van der Waals surface area (Å²) < 4.78 is 4.94. The molecule has 5 amide bonds. The monoisotopic (exact) mass is 392 g/mol. The zero-order chi connectivity index (χ0) is 21.1. The number of nitrogens with one attached hydrogen (secondary N) is 4. The van der Waals surface area contributed by atoms with Crippen LogP contribution < -0.4 is 21.3 Å². The van der Waals surface area contributed by atoms with E-state index < -0.39 is 36.6 Å². The Labute approximate surface area is 164 Å². The van der Waals surface area contributed by atoms with E-state index in [1.54, 1.807) is 45.0 Å². The lowest BCUT2D eigenvalue weighted by Gasteiger charge is -2.21. The van der Waals surface area contributed by atoms with Crippen molar-refractivity contribution in [1.82, 2.24) is 16.0 Å². The highest BCUT2D eigenvalue weighted by Crippen LogP contribution is 2.07. The highest BCUT2D eigenvalue weighted by molar-refractivity contribution is 5.96. The number of carbonyl (C=O) groups excluding carboxylic acids is 4. The van der Waals surface area contributed by atoms with Crippen LogP contribution >= 0.6 is 0 Å². The molecule has 0 radical (unpaired) electrons. The number of hydrogen-bond acceptors (Lipinski definition) is 5. The van der Waals surface area contributed by atoms with E-state index in [4.69, 9.17) is 4.74 Å². The minimum Gasteiger partial charge on any atom is -0.454 e. The normalized spacial score (nSPS) is 12.5. The fourth-order valence-corrected chi connectivity index (χ4v) is 2.08. The summed E-state index contributed by atoms with van der Waals surface area (Å²) in [5.74, 6) is -1.80. The lowest BCUT2D eigenvalue weighted by atomic mass is 10.1. The summed E-state index contributed by atoms with van der Waals surface area (Å²) in [6.07, 6.45) is 0.712. The number of para-hydroxylation sites is 1. The second-order valence-corrected chi connectivity index (χ2v) is 6.62. The van der Waals surface area contributed by atoms with Crippen LogP contribution in [0.1, 0.15) is 34.1 Å². The Morgan fingerprint density at radius 1 is 0.964 bits per heavy atom. The molecule has 0 aromatic heterocycles. The van der Waals surface area contributed by atoms with Gasteiger partial charge in [0.2, 0.25) is 0 Å². The van der Waals surface area contributed by atoms with Crippen molar-refractivity contribution in [2.24, 2.45) is 5.92 Å². The Kier molecular flexibility index (Phi) is 9.49. The summed E-state index contributed by atoms with van der Waals surface area (Å²) in [7, 11) is 0. The van der Waals surface area contributed by atoms with E-state index >= 15 is 0 Å². The Bertz CT molecular complexity index is 678. The van der Waals surface area contributed by atoms with E-state index in [2.05, 4.69) is 21.3 Å². The third-order valence-corrected chi connectivity index (χ3v) is 3.83. The third kappa shape index (κ3) is 8.52. The number of amides is 5. The summed E-state index contributed by atoms with van der Waals surface area (Å²) >= 11 is 0. The van der Waals surface area contributed by atoms with Gasteiger partial charge in [-0.2, -0.15) is 0 Å². The number of imide groups is 1. The molecule has 0 heterocycles. The number of ether oxygens (including phenoxy) is 1. The first-order chi connectivity index (χ1) is 13.2. The van der Waals surface area contributed by atoms with Gasteiger partial charge in [0.25, 0.3) is 5.91 Å². The van der Waals surface area contributed by atoms with Gasteiger partial charge in [-0.3, -0.25) is 10.1 Å². The molecule has 1 aromatic rings. The standard InChI is InChI=1S/C19H28N4O5/c1-5-13(4)20-18(26)22-15(24)11-28-17(25)16(12(2)3)23-19(27)21-14-9-7-6-8-10-14/h6-10,12-13,16H,5,11H2,1-4H3,(H2,21,23,27)(H2,20,22,24,26)/t13-,16-/m0/s1. The van der Waals surface area contributed by atoms with Gasteiger partial charge in [0.15, 0.2) is 6.61 Å². The van der Waals surface area contributed by atoms with Crippen LogP contribution in [-0.4, -0.2) is 42.6 Å². The molecule has 1 rings (SSSR count). The predicted octanol–water partition coefficient (Wildman–Crippen LogP) is 2.00. The van der Waals surface area contributed by atoms with E-state index in [0.717, 1.165) is 0 Å². The fourth-order valence-electron chi connectivity index (χ4n) is 2.08. The SMILES string of the molecule is CC[C@H](C)NC(=O)NC(=O)COC(=O)[C@@H](NC(=O)Nc1ccccc1)C(C)C. The van der Waals surface area contributed by atoms with E-state index in [1.807, 2.05) is 13.0 Å². The van der Waals surface area contributed by atoms with E-state index in [-0.39, 0.29) is 12.0 Å². The molecule has 9 heteroatoms. The quantitative estimate of drug-likeness (QED) is 0.504. The molecule has 0 bridgehead atoms. The smallest absolute Gasteiger partial charge is 0.329 e. The highest BCUT2D eigenvalue weighted by atomic mass is 16.5. The Morgan fingerprint density at radius 3 is 2.18 bits per heavy atom. The number of benzene rings is 1. The summed E-state index contributed by atoms with van der Waals surface area (Å²) in [6.45, 7) is 6.52. The van der Waals surface area contributed by atoms with Crippen molar-refractivity contribution < 1.29 is 23.9 Å². The maximum absolute atomic E-state index is 12.2. The van der Waals surface area contributed by atoms with E-state index in [1.165, 1.54) is 0 Å². The van der Waals surface area contributed by atoms with Crippen LogP contribution in [0.15, 0.2) is 30.3 Å². The van der Waals surface area contributed by atoms with Crippen LogP contribution in [0, 0.1) is 5.92 Å². The highest BCUT2D eigenvalue weighted by Gasteiger charge is 2.26. The average molecular weight is 392 g/mol. The molecule has 0 spiro atoms. The molecule has 0 saturated carbocycles. The third-order valence-electron chi connectivity index (χ3n) is 3.83. The van der Waals surface area contributed by atoms with Crippen LogP contribution in [0.2, 0.25) is 0 Å². The van der Waals surface area contributed by atoms with Crippen molar-refractivity contribution >= 4 is 29.6 Å². The number of anilines is 1. The second-order valence-electron chi connectivity index (χ2n) is 6.62. The maximum Gasteiger partial charge on any atom is 0.329 e. The molecular formula is C19H28N4O5. The van der Waals surface area contributed by atoms with Crippen molar-refractivity contribution in [3.63, 3.8) is 0 Å². The predicted molar refractivity (Wildman–Crippen MR) is 105 cm³/mol. The molecule has 9 nitrogen and oxygen atoms in total. The van der Waals surface area contributed by atoms with Crippen molar-refractivity contribution in [3.05, 3.63) is 30.3 Å². The molecule has 154 valence electrons. The summed E-state index contributed by atoms with van der Waals surface area (Å²) in [4.78, 5) is 47.6. The van der Waals surface area contributed by atoms with Gasteiger partial charge in [0.1, 0.15) is 6.04 Å². The minimum absolute atomic E-state index is 0.0898. The molecule has 1 aromatic carbocycles. The number of hydrogen-bond donors (Lipinski definition) is 4. The maximum atomic E-state index is 12.2. The first kappa shape index (κ1) is 22.9. The number of carbonyl (C=O) groups is 4. The molecule has 0 fully saturated rings. The van der Waals surface area contributed by atoms with Gasteiger partial charge in [-0.25, -0.2) is 14.4 Å². The van der Waals surface area contributed by atoms with Crippen LogP contribution in [-0.2, 0) is 14.3 Å². The zero-order valence-electron chi connectivity index (χ0n) is 16.6. The van der Waals surface area contributed by atoms with Crippen LogP contribution in [0.5, 0.6) is 0 Å². The summed E-state index contributed by atoms with van der Waals surface area (Å²) in [5.41, 5.74) is 0.572. The molecule has 4 N–H and O–H groups in total. The van der Waals surface area contributed by atoms with Crippen LogP contribution in [0.25, 0.3) is 0 Å². The fraction of sp³-hybridized carbons (Fsp3) is 0.474. The van der Waals surface area contributed by atoms with Gasteiger partial charge in [0.05, 0.1) is 0 Å². The van der Waals surface area contributed by atoms with Crippen molar-refractivity contribution in [1.29, 1.82) is 0 Å². The Balaban J connectivity index is 2.50. The van der Waals surface area contributed by atoms with Gasteiger partial charge < -0.3 is 20.7 Å². The first-order valence-electron chi connectivity index (χ1n) is 9.12. The van der Waals surface area contributed by atoms with Gasteiger partial charge in [0, 0.05) is 11.7 Å². The molecule has 0 unspecified atom stereocenters. The lowest BCUT2D eigenvalue weighted by molar-refractivity contribution is -0.151. The largest absolute Gasteiger partial charge is 0.454 e. The molecule has 28 heavy (non-hydrogen) atoms. The molecule has 2 atom stereocenters. The Hall–Kier alpha value is -3.10. The number of esters is 1. The molecule has 0 aliphatic heterocycles. The van der Waals surface area contributed by atoms with Gasteiger partial charge in [-0.1, -0.05) is 39.0 Å². The molecule has 0 aliphatic rings. The van der Waals surface area contributed by atoms with Crippen molar-refractivity contribution in [3.8, 4) is 0 Å². The molecule has 0 aliphatic carbocycles. The van der Waals surface area contributed by atoms with Crippen molar-refractivity contribution in [2.45, 2.75) is 46.2 Å². The second kappa shape index (κ2) is 11.6. The van der Waals surface area contributed by atoms with Gasteiger partial charge in [-0.15, -0.1) is 0 Å². The minimum atomic E-state index is -0.953.